The summed E-state index contributed by atoms with van der Waals surface area (Å²) in [6.45, 7) is 7.38. The lowest BCUT2D eigenvalue weighted by Gasteiger charge is -2.23. The third kappa shape index (κ3) is 5.17. The number of benzene rings is 1. The van der Waals surface area contributed by atoms with Gasteiger partial charge in [-0.2, -0.15) is 0 Å². The lowest BCUT2D eigenvalue weighted by molar-refractivity contribution is -0.0113. The van der Waals surface area contributed by atoms with E-state index in [9.17, 15) is 0 Å². The average Bonchev–Trinajstić information content (AvgIpc) is 2.35. The first-order valence-electron chi connectivity index (χ1n) is 6.39. The van der Waals surface area contributed by atoms with Crippen LogP contribution in [-0.2, 0) is 9.47 Å². The average molecular weight is 251 g/mol. The van der Waals surface area contributed by atoms with Crippen molar-refractivity contribution in [1.82, 2.24) is 0 Å². The van der Waals surface area contributed by atoms with E-state index in [0.29, 0.717) is 13.2 Å². The van der Waals surface area contributed by atoms with Gasteiger partial charge in [0.15, 0.2) is 0 Å². The van der Waals surface area contributed by atoms with E-state index in [1.165, 1.54) is 5.56 Å². The molecule has 1 aromatic carbocycles. The molecule has 0 heterocycles. The molecule has 0 aliphatic rings. The molecule has 18 heavy (non-hydrogen) atoms. The zero-order valence-corrected chi connectivity index (χ0v) is 11.9. The van der Waals surface area contributed by atoms with Gasteiger partial charge in [0, 0.05) is 13.7 Å². The van der Waals surface area contributed by atoms with E-state index in [2.05, 4.69) is 45.0 Å². The Balaban J connectivity index is 2.29. The number of hydrogen-bond acceptors (Lipinski definition) is 3. The first-order chi connectivity index (χ1) is 8.44. The highest BCUT2D eigenvalue weighted by Crippen LogP contribution is 2.14. The van der Waals surface area contributed by atoms with Crippen molar-refractivity contribution in [2.24, 2.45) is 5.73 Å². The molecule has 102 valence electrons. The van der Waals surface area contributed by atoms with Crippen LogP contribution in [0.5, 0.6) is 0 Å². The molecule has 0 amide bonds. The van der Waals surface area contributed by atoms with Crippen LogP contribution in [-0.4, -0.2) is 25.9 Å². The molecule has 0 aliphatic carbocycles. The van der Waals surface area contributed by atoms with Crippen LogP contribution in [0.25, 0.3) is 0 Å². The molecule has 0 fully saturated rings. The molecular formula is C15H25NO2. The maximum absolute atomic E-state index is 6.07. The predicted molar refractivity (Wildman–Crippen MR) is 74.6 cm³/mol. The fraction of sp³-hybridized carbons (Fsp3) is 0.600. The van der Waals surface area contributed by atoms with Gasteiger partial charge in [-0.25, -0.2) is 0 Å². The van der Waals surface area contributed by atoms with Gasteiger partial charge in [0.25, 0.3) is 0 Å². The van der Waals surface area contributed by atoms with E-state index in [0.717, 1.165) is 12.0 Å². The lowest BCUT2D eigenvalue weighted by atomic mass is 10.1. The van der Waals surface area contributed by atoms with Crippen molar-refractivity contribution in [3.05, 3.63) is 35.4 Å². The fourth-order valence-electron chi connectivity index (χ4n) is 1.54. The van der Waals surface area contributed by atoms with Gasteiger partial charge in [-0.05, 0) is 32.8 Å². The molecule has 1 unspecified atom stereocenters. The molecule has 3 nitrogen and oxygen atoms in total. The molecule has 0 aliphatic heterocycles. The summed E-state index contributed by atoms with van der Waals surface area (Å²) in [6, 6.07) is 8.20. The van der Waals surface area contributed by atoms with Crippen molar-refractivity contribution >= 4 is 0 Å². The summed E-state index contributed by atoms with van der Waals surface area (Å²) >= 11 is 0. The smallest absolute Gasteiger partial charge is 0.0659 e. The largest absolute Gasteiger partial charge is 0.379 e. The van der Waals surface area contributed by atoms with Crippen LogP contribution in [0, 0.1) is 6.92 Å². The molecular weight excluding hydrogens is 226 g/mol. The molecule has 0 saturated heterocycles. The number of nitrogens with two attached hydrogens (primary N) is 1. The van der Waals surface area contributed by atoms with Gasteiger partial charge < -0.3 is 15.2 Å². The van der Waals surface area contributed by atoms with Crippen LogP contribution in [0.1, 0.15) is 37.4 Å². The zero-order valence-electron chi connectivity index (χ0n) is 11.9. The van der Waals surface area contributed by atoms with Crippen LogP contribution in [0.3, 0.4) is 0 Å². The van der Waals surface area contributed by atoms with Crippen molar-refractivity contribution in [1.29, 1.82) is 0 Å². The van der Waals surface area contributed by atoms with Gasteiger partial charge in [0.1, 0.15) is 0 Å². The molecule has 3 heteroatoms. The van der Waals surface area contributed by atoms with Crippen molar-refractivity contribution in [2.75, 3.05) is 20.3 Å². The molecule has 1 rings (SSSR count). The monoisotopic (exact) mass is 251 g/mol. The van der Waals surface area contributed by atoms with E-state index < -0.39 is 0 Å². The van der Waals surface area contributed by atoms with Crippen molar-refractivity contribution < 1.29 is 9.47 Å². The minimum atomic E-state index is -0.131. The molecule has 0 aromatic heterocycles. The summed E-state index contributed by atoms with van der Waals surface area (Å²) in [7, 11) is 1.72. The molecule has 0 saturated carbocycles. The Kier molecular flexibility index (Phi) is 5.79. The Bertz CT molecular complexity index is 346. The normalized spacial score (nSPS) is 13.6. The Labute approximate surface area is 110 Å². The van der Waals surface area contributed by atoms with Gasteiger partial charge in [-0.15, -0.1) is 0 Å². The summed E-state index contributed by atoms with van der Waals surface area (Å²) in [5.41, 5.74) is 8.30. The third-order valence-electron chi connectivity index (χ3n) is 3.20. The maximum atomic E-state index is 6.07. The minimum Gasteiger partial charge on any atom is -0.379 e. The van der Waals surface area contributed by atoms with Crippen molar-refractivity contribution in [2.45, 2.75) is 38.8 Å². The summed E-state index contributed by atoms with van der Waals surface area (Å²) in [5.74, 6) is 0. The molecule has 0 bridgehead atoms. The predicted octanol–water partition coefficient (Wildman–Crippen LogP) is 2.83. The highest BCUT2D eigenvalue weighted by molar-refractivity contribution is 5.23. The number of ether oxygens (including phenoxy) is 2. The van der Waals surface area contributed by atoms with E-state index in [-0.39, 0.29) is 11.6 Å². The van der Waals surface area contributed by atoms with Gasteiger partial charge in [-0.1, -0.05) is 29.8 Å². The molecule has 1 atom stereocenters. The third-order valence-corrected chi connectivity index (χ3v) is 3.20. The Morgan fingerprint density at radius 3 is 2.39 bits per heavy atom. The van der Waals surface area contributed by atoms with Crippen LogP contribution in [0.15, 0.2) is 24.3 Å². The number of methoxy groups -OCH3 is 1. The molecule has 0 spiro atoms. The second-order valence-corrected chi connectivity index (χ2v) is 5.31. The van der Waals surface area contributed by atoms with E-state index in [1.54, 1.807) is 7.11 Å². The number of hydrogen-bond donors (Lipinski definition) is 1. The minimum absolute atomic E-state index is 0.0590. The summed E-state index contributed by atoms with van der Waals surface area (Å²) < 4.78 is 10.9. The van der Waals surface area contributed by atoms with Gasteiger partial charge in [-0.3, -0.25) is 0 Å². The Morgan fingerprint density at radius 2 is 1.83 bits per heavy atom. The summed E-state index contributed by atoms with van der Waals surface area (Å²) in [5, 5.41) is 0. The summed E-state index contributed by atoms with van der Waals surface area (Å²) in [6.07, 6.45) is 0.865. The second kappa shape index (κ2) is 6.88. The second-order valence-electron chi connectivity index (χ2n) is 5.31. The van der Waals surface area contributed by atoms with Gasteiger partial charge in [0.05, 0.1) is 18.2 Å². The van der Waals surface area contributed by atoms with Crippen LogP contribution in [0.4, 0.5) is 0 Å². The Morgan fingerprint density at radius 1 is 1.22 bits per heavy atom. The van der Waals surface area contributed by atoms with E-state index >= 15 is 0 Å². The van der Waals surface area contributed by atoms with Crippen molar-refractivity contribution in [3.8, 4) is 0 Å². The number of rotatable bonds is 7. The van der Waals surface area contributed by atoms with Gasteiger partial charge >= 0.3 is 0 Å². The maximum Gasteiger partial charge on any atom is 0.0659 e. The first kappa shape index (κ1) is 15.2. The standard InChI is InChI=1S/C15H25NO2/c1-12-5-7-13(8-6-12)14(16)11-18-10-9-15(2,3)17-4/h5-8,14H,9-11,16H2,1-4H3. The lowest BCUT2D eigenvalue weighted by Crippen LogP contribution is -2.25. The Hall–Kier alpha value is -0.900. The topological polar surface area (TPSA) is 44.5 Å². The molecule has 1 aromatic rings. The molecule has 0 radical (unpaired) electrons. The van der Waals surface area contributed by atoms with E-state index in [4.69, 9.17) is 15.2 Å². The SMILES string of the molecule is COC(C)(C)CCOCC(N)c1ccc(C)cc1. The summed E-state index contributed by atoms with van der Waals surface area (Å²) in [4.78, 5) is 0. The fourth-order valence-corrected chi connectivity index (χ4v) is 1.54. The van der Waals surface area contributed by atoms with Crippen LogP contribution < -0.4 is 5.73 Å². The zero-order chi connectivity index (χ0) is 13.6. The van der Waals surface area contributed by atoms with E-state index in [1.807, 2.05) is 0 Å². The quantitative estimate of drug-likeness (QED) is 0.758. The number of aryl methyl sites for hydroxylation is 1. The highest BCUT2D eigenvalue weighted by Gasteiger charge is 2.16. The molecule has 2 N–H and O–H groups in total. The van der Waals surface area contributed by atoms with Gasteiger partial charge in [0.2, 0.25) is 0 Å². The van der Waals surface area contributed by atoms with Crippen LogP contribution >= 0.6 is 0 Å². The van der Waals surface area contributed by atoms with Crippen LogP contribution in [0.2, 0.25) is 0 Å². The first-order valence-corrected chi connectivity index (χ1v) is 6.39. The van der Waals surface area contributed by atoms with Crippen molar-refractivity contribution in [3.63, 3.8) is 0 Å². The highest BCUT2D eigenvalue weighted by atomic mass is 16.5.